The van der Waals surface area contributed by atoms with E-state index in [1.54, 1.807) is 36.4 Å². The van der Waals surface area contributed by atoms with Crippen molar-refractivity contribution in [2.24, 2.45) is 5.10 Å². The van der Waals surface area contributed by atoms with Gasteiger partial charge >= 0.3 is 5.97 Å². The van der Waals surface area contributed by atoms with Crippen molar-refractivity contribution in [2.45, 2.75) is 20.8 Å². The van der Waals surface area contributed by atoms with E-state index in [1.165, 1.54) is 6.21 Å². The molecular formula is C37H38N4O6. The molecule has 0 bridgehead atoms. The molecule has 10 nitrogen and oxygen atoms in total. The molecule has 0 aliphatic heterocycles. The first-order valence-electron chi connectivity index (χ1n) is 15.4. The molecule has 1 aromatic heterocycles. The van der Waals surface area contributed by atoms with E-state index in [0.717, 1.165) is 27.7 Å². The Balaban J connectivity index is 1.35. The molecule has 2 N–H and O–H groups in total. The van der Waals surface area contributed by atoms with Crippen LogP contribution < -0.4 is 29.3 Å². The Morgan fingerprint density at radius 2 is 1.47 bits per heavy atom. The number of hydrogen-bond acceptors (Lipinski definition) is 8. The minimum absolute atomic E-state index is 0.243. The third-order valence-corrected chi connectivity index (χ3v) is 7.22. The van der Waals surface area contributed by atoms with Crippen LogP contribution in [-0.2, 0) is 0 Å². The Morgan fingerprint density at radius 3 is 2.17 bits per heavy atom. The molecule has 0 saturated heterocycles. The molecule has 5 rings (SSSR count). The van der Waals surface area contributed by atoms with Crippen molar-refractivity contribution in [1.82, 2.24) is 10.4 Å². The molecule has 0 aliphatic rings. The van der Waals surface area contributed by atoms with Crippen molar-refractivity contribution in [1.29, 1.82) is 0 Å². The summed E-state index contributed by atoms with van der Waals surface area (Å²) in [6, 6.07) is 25.7. The lowest BCUT2D eigenvalue weighted by atomic mass is 10.0. The quantitative estimate of drug-likeness (QED) is 0.0616. The van der Waals surface area contributed by atoms with Crippen LogP contribution in [0.1, 0.15) is 47.2 Å². The van der Waals surface area contributed by atoms with Gasteiger partial charge in [-0.05, 0) is 86.5 Å². The number of aromatic nitrogens is 1. The molecule has 242 valence electrons. The van der Waals surface area contributed by atoms with Gasteiger partial charge in [0.15, 0.2) is 23.0 Å². The van der Waals surface area contributed by atoms with E-state index in [0.29, 0.717) is 53.9 Å². The number of benzene rings is 4. The molecule has 0 aliphatic carbocycles. The van der Waals surface area contributed by atoms with Crippen LogP contribution in [0.5, 0.6) is 23.0 Å². The zero-order valence-corrected chi connectivity index (χ0v) is 27.1. The van der Waals surface area contributed by atoms with Crippen molar-refractivity contribution in [2.75, 3.05) is 38.8 Å². The van der Waals surface area contributed by atoms with Gasteiger partial charge in [0.05, 0.1) is 31.6 Å². The van der Waals surface area contributed by atoms with E-state index in [-0.39, 0.29) is 11.7 Å². The lowest BCUT2D eigenvalue weighted by Gasteiger charge is -2.13. The van der Waals surface area contributed by atoms with Crippen LogP contribution >= 0.6 is 0 Å². The monoisotopic (exact) mass is 634 g/mol. The zero-order valence-electron chi connectivity index (χ0n) is 27.1. The van der Waals surface area contributed by atoms with Crippen LogP contribution in [0.25, 0.3) is 22.0 Å². The highest BCUT2D eigenvalue weighted by Gasteiger charge is 2.20. The zero-order chi connectivity index (χ0) is 33.3. The van der Waals surface area contributed by atoms with Crippen LogP contribution in [0.3, 0.4) is 0 Å². The van der Waals surface area contributed by atoms with Gasteiger partial charge in [0.2, 0.25) is 0 Å². The summed E-state index contributed by atoms with van der Waals surface area (Å²) in [6.07, 6.45) is 1.50. The predicted octanol–water partition coefficient (Wildman–Crippen LogP) is 7.08. The van der Waals surface area contributed by atoms with E-state index >= 15 is 0 Å². The van der Waals surface area contributed by atoms with Gasteiger partial charge in [0, 0.05) is 36.2 Å². The van der Waals surface area contributed by atoms with E-state index in [9.17, 15) is 9.59 Å². The average molecular weight is 635 g/mol. The number of hydrogen-bond donors (Lipinski definition) is 2. The van der Waals surface area contributed by atoms with Crippen LogP contribution in [0.4, 0.5) is 5.69 Å². The topological polar surface area (TPSA) is 114 Å². The lowest BCUT2D eigenvalue weighted by molar-refractivity contribution is 0.0727. The van der Waals surface area contributed by atoms with Crippen molar-refractivity contribution in [3.8, 4) is 34.1 Å². The summed E-state index contributed by atoms with van der Waals surface area (Å²) in [7, 11) is 3.96. The van der Waals surface area contributed by atoms with Gasteiger partial charge in [-0.25, -0.2) is 10.2 Å². The number of carbonyl (C=O) groups is 2. The Hall–Kier alpha value is -5.77. The van der Waals surface area contributed by atoms with Gasteiger partial charge < -0.3 is 28.8 Å². The maximum atomic E-state index is 13.5. The summed E-state index contributed by atoms with van der Waals surface area (Å²) in [5.41, 5.74) is 7.55. The lowest BCUT2D eigenvalue weighted by Crippen LogP contribution is -2.18. The smallest absolute Gasteiger partial charge is 0.343 e. The molecule has 47 heavy (non-hydrogen) atoms. The molecule has 0 radical (unpaired) electrons. The second kappa shape index (κ2) is 15.0. The summed E-state index contributed by atoms with van der Waals surface area (Å²) in [5.74, 6) is 0.646. The fourth-order valence-electron chi connectivity index (χ4n) is 5.05. The SMILES string of the molecule is CCOc1ccc(C(=O)Oc2ccc(C=NNC(=O)c3[nH]c4ccc(N(C)C)cc4c3-c3ccccc3)cc2OCC)cc1OCC. The fourth-order valence-corrected chi connectivity index (χ4v) is 5.05. The highest BCUT2D eigenvalue weighted by atomic mass is 16.6. The number of hydrazone groups is 1. The minimum Gasteiger partial charge on any atom is -0.490 e. The van der Waals surface area contributed by atoms with Crippen LogP contribution in [0.15, 0.2) is 90.0 Å². The number of anilines is 1. The summed E-state index contributed by atoms with van der Waals surface area (Å²) in [4.78, 5) is 31.8. The van der Waals surface area contributed by atoms with Crippen molar-refractivity contribution in [3.05, 3.63) is 102 Å². The van der Waals surface area contributed by atoms with E-state index < -0.39 is 5.97 Å². The number of nitrogens with one attached hydrogen (secondary N) is 2. The number of nitrogens with zero attached hydrogens (tertiary/aromatic N) is 2. The van der Waals surface area contributed by atoms with Crippen LogP contribution in [0, 0.1) is 0 Å². The molecular weight excluding hydrogens is 596 g/mol. The largest absolute Gasteiger partial charge is 0.490 e. The van der Waals surface area contributed by atoms with E-state index in [1.807, 2.05) is 82.2 Å². The second-order valence-electron chi connectivity index (χ2n) is 10.6. The summed E-state index contributed by atoms with van der Waals surface area (Å²) < 4.78 is 22.7. The second-order valence-corrected chi connectivity index (χ2v) is 10.6. The standard InChI is InChI=1S/C37H38N4O6/c1-6-44-30-19-15-26(21-33(30)46-8-3)37(43)47-31-18-14-24(20-32(31)45-7-2)23-38-40-36(42)35-34(25-12-10-9-11-13-25)28-22-27(41(4)5)16-17-29(28)39-35/h9-23,39H,6-8H2,1-5H3,(H,40,42). The maximum Gasteiger partial charge on any atom is 0.343 e. The number of H-pyrrole nitrogens is 1. The Labute approximate surface area is 273 Å². The van der Waals surface area contributed by atoms with Gasteiger partial charge in [-0.15, -0.1) is 0 Å². The van der Waals surface area contributed by atoms with Crippen LogP contribution in [-0.4, -0.2) is 57.0 Å². The summed E-state index contributed by atoms with van der Waals surface area (Å²) in [6.45, 7) is 6.80. The number of fused-ring (bicyclic) bond motifs is 1. The Morgan fingerprint density at radius 1 is 0.787 bits per heavy atom. The van der Waals surface area contributed by atoms with E-state index in [2.05, 4.69) is 21.6 Å². The van der Waals surface area contributed by atoms with Gasteiger partial charge in [0.25, 0.3) is 5.91 Å². The fraction of sp³-hybridized carbons (Fsp3) is 0.216. The highest BCUT2D eigenvalue weighted by Crippen LogP contribution is 2.35. The molecule has 0 spiro atoms. The predicted molar refractivity (Wildman–Crippen MR) is 184 cm³/mol. The maximum absolute atomic E-state index is 13.5. The minimum atomic E-state index is -0.575. The Bertz CT molecular complexity index is 1900. The van der Waals surface area contributed by atoms with Crippen LogP contribution in [0.2, 0.25) is 0 Å². The number of ether oxygens (including phenoxy) is 4. The molecule has 1 heterocycles. The molecule has 0 unspecified atom stereocenters. The molecule has 1 amide bonds. The number of esters is 1. The van der Waals surface area contributed by atoms with Crippen molar-refractivity contribution >= 4 is 34.7 Å². The summed E-state index contributed by atoms with van der Waals surface area (Å²) in [5, 5.41) is 5.15. The third kappa shape index (κ3) is 7.55. The molecule has 4 aromatic carbocycles. The number of carbonyl (C=O) groups excluding carboxylic acids is 2. The molecule has 0 saturated carbocycles. The number of aromatic amines is 1. The first-order valence-corrected chi connectivity index (χ1v) is 15.4. The van der Waals surface area contributed by atoms with Gasteiger partial charge in [-0.2, -0.15) is 5.10 Å². The van der Waals surface area contributed by atoms with Crippen molar-refractivity contribution in [3.63, 3.8) is 0 Å². The average Bonchev–Trinajstić information content (AvgIpc) is 3.46. The summed E-state index contributed by atoms with van der Waals surface area (Å²) >= 11 is 0. The van der Waals surface area contributed by atoms with Crippen molar-refractivity contribution < 1.29 is 28.5 Å². The first kappa shape index (κ1) is 32.6. The molecule has 5 aromatic rings. The first-order chi connectivity index (χ1) is 22.8. The molecule has 0 fully saturated rings. The normalized spacial score (nSPS) is 11.0. The van der Waals surface area contributed by atoms with Gasteiger partial charge in [-0.1, -0.05) is 30.3 Å². The highest BCUT2D eigenvalue weighted by molar-refractivity contribution is 6.10. The number of rotatable bonds is 13. The number of amides is 1. The van der Waals surface area contributed by atoms with E-state index in [4.69, 9.17) is 18.9 Å². The third-order valence-electron chi connectivity index (χ3n) is 7.22. The van der Waals surface area contributed by atoms with Gasteiger partial charge in [0.1, 0.15) is 5.69 Å². The Kier molecular flexibility index (Phi) is 10.4. The molecule has 0 atom stereocenters. The van der Waals surface area contributed by atoms with Gasteiger partial charge in [-0.3, -0.25) is 4.79 Å². The molecule has 10 heteroatoms.